The van der Waals surface area contributed by atoms with E-state index in [4.69, 9.17) is 9.47 Å². The van der Waals surface area contributed by atoms with Crippen molar-refractivity contribution in [2.75, 3.05) is 26.4 Å². The predicted molar refractivity (Wildman–Crippen MR) is 131 cm³/mol. The minimum absolute atomic E-state index is 0.0489. The van der Waals surface area contributed by atoms with Gasteiger partial charge in [-0.25, -0.2) is 0 Å². The highest BCUT2D eigenvalue weighted by Crippen LogP contribution is 2.21. The van der Waals surface area contributed by atoms with Gasteiger partial charge in [-0.1, -0.05) is 106 Å². The Morgan fingerprint density at radius 1 is 0.600 bits per heavy atom. The van der Waals surface area contributed by atoms with E-state index in [-0.39, 0.29) is 12.7 Å². The summed E-state index contributed by atoms with van der Waals surface area (Å²) >= 11 is 0. The van der Waals surface area contributed by atoms with Gasteiger partial charge in [-0.15, -0.1) is 0 Å². The lowest BCUT2D eigenvalue weighted by Crippen LogP contribution is -2.25. The molecule has 0 aromatic rings. The minimum Gasteiger partial charge on any atom is -0.394 e. The first-order chi connectivity index (χ1) is 14.4. The molecule has 0 heterocycles. The Labute approximate surface area is 189 Å². The van der Waals surface area contributed by atoms with Gasteiger partial charge >= 0.3 is 0 Å². The highest BCUT2D eigenvalue weighted by atomic mass is 16.5. The van der Waals surface area contributed by atoms with Crippen LogP contribution in [0.15, 0.2) is 0 Å². The molecule has 3 heteroatoms. The van der Waals surface area contributed by atoms with E-state index >= 15 is 0 Å². The maximum absolute atomic E-state index is 9.52. The lowest BCUT2D eigenvalue weighted by Gasteiger charge is -2.19. The minimum atomic E-state index is -0.172. The maximum Gasteiger partial charge on any atom is 0.104 e. The van der Waals surface area contributed by atoms with Crippen LogP contribution < -0.4 is 0 Å². The first kappa shape index (κ1) is 29.9. The Kier molecular flexibility index (Phi) is 20.7. The molecule has 0 aromatic carbocycles. The fourth-order valence-electron chi connectivity index (χ4n) is 4.28. The molecule has 5 atom stereocenters. The quantitative estimate of drug-likeness (QED) is 0.180. The molecule has 0 unspecified atom stereocenters. The molecule has 0 spiro atoms. The van der Waals surface area contributed by atoms with Crippen molar-refractivity contribution in [3.8, 4) is 0 Å². The summed E-state index contributed by atoms with van der Waals surface area (Å²) in [5, 5.41) is 9.52. The Balaban J connectivity index is 3.68. The first-order valence-corrected chi connectivity index (χ1v) is 13.2. The summed E-state index contributed by atoms with van der Waals surface area (Å²) in [4.78, 5) is 0. The average molecular weight is 429 g/mol. The van der Waals surface area contributed by atoms with E-state index in [2.05, 4.69) is 41.5 Å². The van der Waals surface area contributed by atoms with Crippen LogP contribution in [0.2, 0.25) is 0 Å². The summed E-state index contributed by atoms with van der Waals surface area (Å²) in [6, 6.07) is 0. The van der Waals surface area contributed by atoms with Crippen LogP contribution in [0, 0.1) is 23.7 Å². The molecule has 1 N–H and O–H groups in total. The molecule has 0 fully saturated rings. The first-order valence-electron chi connectivity index (χ1n) is 13.2. The van der Waals surface area contributed by atoms with Crippen LogP contribution in [-0.2, 0) is 9.47 Å². The van der Waals surface area contributed by atoms with Gasteiger partial charge in [-0.05, 0) is 36.5 Å². The van der Waals surface area contributed by atoms with E-state index in [0.29, 0.717) is 12.5 Å². The summed E-state index contributed by atoms with van der Waals surface area (Å²) in [7, 11) is 0. The average Bonchev–Trinajstić information content (AvgIpc) is 2.70. The third-order valence-electron chi connectivity index (χ3n) is 6.58. The molecule has 0 saturated carbocycles. The molecule has 0 amide bonds. The standard InChI is InChI=1S/C27H56O3/c1-7-11-23(3)13-9-14-25(5)15-10-16-26(6)18-20-30-27(21-28)22-29-19-17-24(4)12-8-2/h23-28H,7-22H2,1-6H3/t23-,24-,25-,26-,27-/m1/s1. The fraction of sp³-hybridized carbons (Fsp3) is 1.00. The zero-order valence-electron chi connectivity index (χ0n) is 21.5. The molecular formula is C27H56O3. The smallest absolute Gasteiger partial charge is 0.104 e. The van der Waals surface area contributed by atoms with Gasteiger partial charge in [0.1, 0.15) is 6.10 Å². The van der Waals surface area contributed by atoms with Crippen molar-refractivity contribution in [1.82, 2.24) is 0 Å². The molecule has 0 aliphatic carbocycles. The zero-order chi connectivity index (χ0) is 22.6. The van der Waals surface area contributed by atoms with Crippen LogP contribution in [0.5, 0.6) is 0 Å². The van der Waals surface area contributed by atoms with E-state index in [1.165, 1.54) is 64.2 Å². The molecule has 30 heavy (non-hydrogen) atoms. The van der Waals surface area contributed by atoms with E-state index in [1.54, 1.807) is 0 Å². The van der Waals surface area contributed by atoms with E-state index in [0.717, 1.165) is 43.8 Å². The summed E-state index contributed by atoms with van der Waals surface area (Å²) < 4.78 is 11.6. The molecule has 0 aliphatic heterocycles. The zero-order valence-corrected chi connectivity index (χ0v) is 21.5. The second kappa shape index (κ2) is 20.8. The van der Waals surface area contributed by atoms with Crippen LogP contribution in [-0.4, -0.2) is 37.6 Å². The number of rotatable bonds is 22. The number of aliphatic hydroxyl groups excluding tert-OH is 1. The topological polar surface area (TPSA) is 38.7 Å². The van der Waals surface area contributed by atoms with Gasteiger partial charge in [-0.2, -0.15) is 0 Å². The number of ether oxygens (including phenoxy) is 2. The number of aliphatic hydroxyl groups is 1. The van der Waals surface area contributed by atoms with Crippen molar-refractivity contribution in [1.29, 1.82) is 0 Å². The van der Waals surface area contributed by atoms with E-state index in [9.17, 15) is 5.11 Å². The second-order valence-corrected chi connectivity index (χ2v) is 10.2. The third-order valence-corrected chi connectivity index (χ3v) is 6.58. The molecule has 0 radical (unpaired) electrons. The molecule has 0 bridgehead atoms. The highest BCUT2D eigenvalue weighted by Gasteiger charge is 2.11. The monoisotopic (exact) mass is 428 g/mol. The van der Waals surface area contributed by atoms with Gasteiger partial charge in [0, 0.05) is 13.2 Å². The van der Waals surface area contributed by atoms with Crippen molar-refractivity contribution in [3.63, 3.8) is 0 Å². The lowest BCUT2D eigenvalue weighted by molar-refractivity contribution is -0.0470. The third kappa shape index (κ3) is 18.6. The van der Waals surface area contributed by atoms with Gasteiger partial charge in [0.2, 0.25) is 0 Å². The van der Waals surface area contributed by atoms with Gasteiger partial charge < -0.3 is 14.6 Å². The normalized spacial score (nSPS) is 16.9. The number of hydrogen-bond acceptors (Lipinski definition) is 3. The van der Waals surface area contributed by atoms with Gasteiger partial charge in [0.05, 0.1) is 13.2 Å². The van der Waals surface area contributed by atoms with E-state index in [1.807, 2.05) is 0 Å². The van der Waals surface area contributed by atoms with Crippen molar-refractivity contribution in [2.24, 2.45) is 23.7 Å². The summed E-state index contributed by atoms with van der Waals surface area (Å²) in [6.07, 6.45) is 15.4. The van der Waals surface area contributed by atoms with Gasteiger partial charge in [-0.3, -0.25) is 0 Å². The van der Waals surface area contributed by atoms with E-state index < -0.39 is 0 Å². The largest absolute Gasteiger partial charge is 0.394 e. The van der Waals surface area contributed by atoms with Crippen molar-refractivity contribution in [3.05, 3.63) is 0 Å². The molecule has 182 valence electrons. The molecule has 3 nitrogen and oxygen atoms in total. The van der Waals surface area contributed by atoms with Crippen LogP contribution >= 0.6 is 0 Å². The van der Waals surface area contributed by atoms with Crippen LogP contribution in [0.3, 0.4) is 0 Å². The molecular weight excluding hydrogens is 372 g/mol. The second-order valence-electron chi connectivity index (χ2n) is 10.2. The maximum atomic E-state index is 9.52. The van der Waals surface area contributed by atoms with Crippen LogP contribution in [0.25, 0.3) is 0 Å². The summed E-state index contributed by atoms with van der Waals surface area (Å²) in [5.74, 6) is 3.17. The Morgan fingerprint density at radius 3 is 1.53 bits per heavy atom. The lowest BCUT2D eigenvalue weighted by atomic mass is 9.91. The van der Waals surface area contributed by atoms with Crippen molar-refractivity contribution < 1.29 is 14.6 Å². The molecule has 0 aromatic heterocycles. The summed E-state index contributed by atoms with van der Waals surface area (Å²) in [5.41, 5.74) is 0. The molecule has 0 rings (SSSR count). The van der Waals surface area contributed by atoms with Crippen LogP contribution in [0.1, 0.15) is 119 Å². The van der Waals surface area contributed by atoms with Gasteiger partial charge in [0.25, 0.3) is 0 Å². The number of hydrogen-bond donors (Lipinski definition) is 1. The SMILES string of the molecule is CCC[C@@H](C)CCC[C@@H](C)CCC[C@@H](C)CCO[C@H](CO)COCC[C@H](C)CCC. The predicted octanol–water partition coefficient (Wildman–Crippen LogP) is 7.65. The Hall–Kier alpha value is -0.120. The fourth-order valence-corrected chi connectivity index (χ4v) is 4.28. The Morgan fingerprint density at radius 2 is 1.03 bits per heavy atom. The highest BCUT2D eigenvalue weighted by molar-refractivity contribution is 4.61. The molecule has 0 aliphatic rings. The summed E-state index contributed by atoms with van der Waals surface area (Å²) in [6.45, 7) is 16.0. The van der Waals surface area contributed by atoms with Crippen molar-refractivity contribution >= 4 is 0 Å². The van der Waals surface area contributed by atoms with Crippen molar-refractivity contribution in [2.45, 2.75) is 125 Å². The van der Waals surface area contributed by atoms with Gasteiger partial charge in [0.15, 0.2) is 0 Å². The molecule has 0 saturated heterocycles. The Bertz CT molecular complexity index is 347. The van der Waals surface area contributed by atoms with Crippen LogP contribution in [0.4, 0.5) is 0 Å².